The molecule has 7 aromatic carbocycles. The zero-order chi connectivity index (χ0) is 32.6. The van der Waals surface area contributed by atoms with Crippen molar-refractivity contribution in [3.63, 3.8) is 0 Å². The molecule has 0 unspecified atom stereocenters. The molecule has 0 fully saturated rings. The van der Waals surface area contributed by atoms with Crippen molar-refractivity contribution in [3.05, 3.63) is 176 Å². The maximum Gasteiger partial charge on any atom is 0.227 e. The fourth-order valence-corrected chi connectivity index (χ4v) is 6.30. The van der Waals surface area contributed by atoms with Gasteiger partial charge in [0.15, 0.2) is 11.4 Å². The molecule has 0 amide bonds. The predicted octanol–water partition coefficient (Wildman–Crippen LogP) is 11.8. The minimum atomic E-state index is 0.599. The number of hydrogen-bond donors (Lipinski definition) is 0. The average molecular weight is 628 g/mol. The van der Waals surface area contributed by atoms with Crippen molar-refractivity contribution in [2.24, 2.45) is 0 Å². The van der Waals surface area contributed by atoms with E-state index in [0.717, 1.165) is 55.9 Å². The van der Waals surface area contributed by atoms with E-state index in [2.05, 4.69) is 138 Å². The minimum Gasteiger partial charge on any atom is -0.436 e. The van der Waals surface area contributed by atoms with Gasteiger partial charge in [0, 0.05) is 22.3 Å². The van der Waals surface area contributed by atoms with Crippen molar-refractivity contribution in [1.82, 2.24) is 15.0 Å². The first-order chi connectivity index (χ1) is 24.2. The maximum atomic E-state index is 6.02. The molecule has 230 valence electrons. The Morgan fingerprint density at radius 3 is 1.53 bits per heavy atom. The van der Waals surface area contributed by atoms with Gasteiger partial charge >= 0.3 is 0 Å². The molecule has 4 heteroatoms. The summed E-state index contributed by atoms with van der Waals surface area (Å²) in [6.45, 7) is 0. The highest BCUT2D eigenvalue weighted by Gasteiger charge is 2.13. The quantitative estimate of drug-likeness (QED) is 0.184. The third-order valence-corrected chi connectivity index (χ3v) is 8.96. The van der Waals surface area contributed by atoms with Gasteiger partial charge in [0.2, 0.25) is 5.89 Å². The summed E-state index contributed by atoms with van der Waals surface area (Å²) in [4.78, 5) is 14.9. The molecule has 9 rings (SSSR count). The third-order valence-electron chi connectivity index (χ3n) is 8.96. The predicted molar refractivity (Wildman–Crippen MR) is 200 cm³/mol. The molecule has 0 aliphatic heterocycles. The van der Waals surface area contributed by atoms with Crippen LogP contribution < -0.4 is 0 Å². The van der Waals surface area contributed by atoms with Crippen LogP contribution in [0.5, 0.6) is 0 Å². The molecule has 0 saturated heterocycles. The lowest BCUT2D eigenvalue weighted by Crippen LogP contribution is -1.96. The van der Waals surface area contributed by atoms with Gasteiger partial charge in [0.25, 0.3) is 0 Å². The second-order valence-corrected chi connectivity index (χ2v) is 12.1. The van der Waals surface area contributed by atoms with Gasteiger partial charge in [-0.2, -0.15) is 0 Å². The van der Waals surface area contributed by atoms with Crippen LogP contribution in [0.4, 0.5) is 0 Å². The van der Waals surface area contributed by atoms with Gasteiger partial charge in [-0.1, -0.05) is 140 Å². The summed E-state index contributed by atoms with van der Waals surface area (Å²) < 4.78 is 6.02. The first kappa shape index (κ1) is 28.6. The van der Waals surface area contributed by atoms with E-state index in [-0.39, 0.29) is 0 Å². The molecular formula is C45H29N3O. The zero-order valence-corrected chi connectivity index (χ0v) is 26.5. The fourth-order valence-electron chi connectivity index (χ4n) is 6.30. The van der Waals surface area contributed by atoms with Crippen LogP contribution in [0.2, 0.25) is 0 Å². The summed E-state index contributed by atoms with van der Waals surface area (Å²) in [5, 5.41) is 2.47. The number of benzene rings is 7. The van der Waals surface area contributed by atoms with Crippen molar-refractivity contribution in [2.75, 3.05) is 0 Å². The summed E-state index contributed by atoms with van der Waals surface area (Å²) in [6, 6.07) is 60.7. The molecule has 0 aliphatic rings. The second-order valence-electron chi connectivity index (χ2n) is 12.1. The van der Waals surface area contributed by atoms with E-state index < -0.39 is 0 Å². The number of oxazole rings is 1. The van der Waals surface area contributed by atoms with Crippen LogP contribution in [0.3, 0.4) is 0 Å². The molecule has 4 nitrogen and oxygen atoms in total. The molecule has 9 aromatic rings. The van der Waals surface area contributed by atoms with E-state index in [1.54, 1.807) is 0 Å². The first-order valence-electron chi connectivity index (χ1n) is 16.3. The topological polar surface area (TPSA) is 51.8 Å². The Bertz CT molecular complexity index is 2540. The lowest BCUT2D eigenvalue weighted by Gasteiger charge is -2.11. The number of rotatable bonds is 6. The van der Waals surface area contributed by atoms with Crippen LogP contribution in [0, 0.1) is 0 Å². The van der Waals surface area contributed by atoms with E-state index >= 15 is 0 Å². The van der Waals surface area contributed by atoms with Crippen LogP contribution >= 0.6 is 0 Å². The number of para-hydroxylation sites is 2. The highest BCUT2D eigenvalue weighted by atomic mass is 16.3. The molecule has 0 saturated carbocycles. The number of nitrogens with zero attached hydrogens (tertiary/aromatic N) is 3. The number of aromatic nitrogens is 3. The normalized spacial score (nSPS) is 11.3. The average Bonchev–Trinajstić information content (AvgIpc) is 3.63. The summed E-state index contributed by atoms with van der Waals surface area (Å²) in [5.41, 5.74) is 11.9. The SMILES string of the molecule is c1ccc(-c2ccc(-c3nc(-c4ccc(-c5ccc6ccccc6c5)cc4)cc(-c4ccc(-c5nc6ccccc6o5)cc4)n3)cc2)cc1. The van der Waals surface area contributed by atoms with Crippen LogP contribution in [0.25, 0.3) is 89.5 Å². The Balaban J connectivity index is 1.09. The Morgan fingerprint density at radius 2 is 0.837 bits per heavy atom. The molecule has 0 aliphatic carbocycles. The summed E-state index contributed by atoms with van der Waals surface area (Å²) in [5.74, 6) is 1.27. The molecule has 49 heavy (non-hydrogen) atoms. The molecule has 0 spiro atoms. The third kappa shape index (κ3) is 5.66. The smallest absolute Gasteiger partial charge is 0.227 e. The summed E-state index contributed by atoms with van der Waals surface area (Å²) in [7, 11) is 0. The van der Waals surface area contributed by atoms with Gasteiger partial charge in [-0.3, -0.25) is 0 Å². The molecular weight excluding hydrogens is 599 g/mol. The van der Waals surface area contributed by atoms with Crippen molar-refractivity contribution >= 4 is 21.9 Å². The van der Waals surface area contributed by atoms with Gasteiger partial charge in [0.05, 0.1) is 11.4 Å². The van der Waals surface area contributed by atoms with Crippen molar-refractivity contribution in [3.8, 4) is 67.6 Å². The van der Waals surface area contributed by atoms with E-state index in [9.17, 15) is 0 Å². The van der Waals surface area contributed by atoms with Crippen molar-refractivity contribution < 1.29 is 4.42 Å². The van der Waals surface area contributed by atoms with Gasteiger partial charge < -0.3 is 4.42 Å². The van der Waals surface area contributed by atoms with Gasteiger partial charge in [-0.15, -0.1) is 0 Å². The van der Waals surface area contributed by atoms with E-state index in [0.29, 0.717) is 11.7 Å². The molecule has 2 heterocycles. The highest BCUT2D eigenvalue weighted by molar-refractivity contribution is 5.87. The van der Waals surface area contributed by atoms with Crippen LogP contribution in [-0.4, -0.2) is 15.0 Å². The van der Waals surface area contributed by atoms with Crippen LogP contribution in [-0.2, 0) is 0 Å². The van der Waals surface area contributed by atoms with Gasteiger partial charge in [-0.25, -0.2) is 15.0 Å². The van der Waals surface area contributed by atoms with E-state index in [1.807, 2.05) is 42.5 Å². The van der Waals surface area contributed by atoms with Crippen LogP contribution in [0.1, 0.15) is 0 Å². The summed E-state index contributed by atoms with van der Waals surface area (Å²) in [6.07, 6.45) is 0. The lowest BCUT2D eigenvalue weighted by atomic mass is 9.99. The molecule has 0 N–H and O–H groups in total. The number of fused-ring (bicyclic) bond motifs is 2. The minimum absolute atomic E-state index is 0.599. The van der Waals surface area contributed by atoms with Gasteiger partial charge in [-0.05, 0) is 69.4 Å². The fraction of sp³-hybridized carbons (Fsp3) is 0. The second kappa shape index (κ2) is 12.2. The Morgan fingerprint density at radius 1 is 0.327 bits per heavy atom. The summed E-state index contributed by atoms with van der Waals surface area (Å²) >= 11 is 0. The molecule has 2 aromatic heterocycles. The molecule has 0 bridgehead atoms. The highest BCUT2D eigenvalue weighted by Crippen LogP contribution is 2.32. The zero-order valence-electron chi connectivity index (χ0n) is 26.5. The monoisotopic (exact) mass is 627 g/mol. The number of hydrogen-bond acceptors (Lipinski definition) is 4. The Kier molecular flexibility index (Phi) is 7.10. The largest absolute Gasteiger partial charge is 0.436 e. The van der Waals surface area contributed by atoms with Gasteiger partial charge in [0.1, 0.15) is 5.52 Å². The Labute approximate surface area is 284 Å². The van der Waals surface area contributed by atoms with E-state index in [4.69, 9.17) is 14.4 Å². The maximum absolute atomic E-state index is 6.02. The van der Waals surface area contributed by atoms with Crippen LogP contribution in [0.15, 0.2) is 180 Å². The lowest BCUT2D eigenvalue weighted by molar-refractivity contribution is 0.620. The first-order valence-corrected chi connectivity index (χ1v) is 16.3. The standard InChI is InChI=1S/C45H29N3O/c1-2-8-30(9-3-1)32-16-23-36(24-17-32)44-46-41(34-19-14-33(15-20-34)39-27-18-31-10-4-5-11-38(31)28-39)29-42(47-44)35-21-25-37(26-22-35)45-48-40-12-6-7-13-43(40)49-45/h1-29H. The van der Waals surface area contributed by atoms with E-state index in [1.165, 1.54) is 21.9 Å². The molecule has 0 atom stereocenters. The Hall–Kier alpha value is -6.65. The molecule has 0 radical (unpaired) electrons. The van der Waals surface area contributed by atoms with Crippen molar-refractivity contribution in [2.45, 2.75) is 0 Å². The van der Waals surface area contributed by atoms with Crippen molar-refractivity contribution in [1.29, 1.82) is 0 Å².